The Morgan fingerprint density at radius 1 is 1.14 bits per heavy atom. The molecule has 116 valence electrons. The van der Waals surface area contributed by atoms with Crippen molar-refractivity contribution in [2.45, 2.75) is 13.5 Å². The molecule has 2 aromatic carbocycles. The molecule has 5 heteroatoms. The van der Waals surface area contributed by atoms with Gasteiger partial charge in [-0.25, -0.2) is 4.39 Å². The average molecular weight is 303 g/mol. The molecule has 2 rings (SSSR count). The van der Waals surface area contributed by atoms with Crippen molar-refractivity contribution in [3.63, 3.8) is 0 Å². The predicted octanol–water partition coefficient (Wildman–Crippen LogP) is 3.66. The zero-order valence-electron chi connectivity index (χ0n) is 12.8. The van der Waals surface area contributed by atoms with Gasteiger partial charge in [0.1, 0.15) is 5.82 Å². The third kappa shape index (κ3) is 3.19. The molecule has 0 heterocycles. The smallest absolute Gasteiger partial charge is 0.165 e. The van der Waals surface area contributed by atoms with E-state index in [1.165, 1.54) is 13.0 Å². The summed E-state index contributed by atoms with van der Waals surface area (Å²) in [6.45, 7) is 1.72. The van der Waals surface area contributed by atoms with Crippen LogP contribution >= 0.6 is 0 Å². The van der Waals surface area contributed by atoms with Gasteiger partial charge in [0.25, 0.3) is 0 Å². The van der Waals surface area contributed by atoms with E-state index in [2.05, 4.69) is 5.32 Å². The van der Waals surface area contributed by atoms with E-state index in [9.17, 15) is 9.18 Å². The van der Waals surface area contributed by atoms with Crippen LogP contribution in [0.3, 0.4) is 0 Å². The fourth-order valence-electron chi connectivity index (χ4n) is 2.31. The Morgan fingerprint density at radius 3 is 2.50 bits per heavy atom. The van der Waals surface area contributed by atoms with Crippen molar-refractivity contribution in [2.75, 3.05) is 19.5 Å². The van der Waals surface area contributed by atoms with Crippen molar-refractivity contribution in [3.05, 3.63) is 53.3 Å². The van der Waals surface area contributed by atoms with Gasteiger partial charge in [0.15, 0.2) is 17.3 Å². The molecular formula is C17H18FNO3. The Bertz CT molecular complexity index is 686. The summed E-state index contributed by atoms with van der Waals surface area (Å²) >= 11 is 0. The Balaban J connectivity index is 2.28. The SMILES string of the molecule is COc1cccc(CNc2cccc(F)c2C(C)=O)c1OC. The van der Waals surface area contributed by atoms with E-state index in [0.29, 0.717) is 23.7 Å². The first-order chi connectivity index (χ1) is 10.6. The molecule has 0 fully saturated rings. The highest BCUT2D eigenvalue weighted by atomic mass is 19.1. The molecule has 0 amide bonds. The molecule has 0 spiro atoms. The number of ether oxygens (including phenoxy) is 2. The number of halogens is 1. The van der Waals surface area contributed by atoms with Crippen LogP contribution in [0.5, 0.6) is 11.5 Å². The number of ketones is 1. The molecule has 0 saturated carbocycles. The van der Waals surface area contributed by atoms with Gasteiger partial charge in [0.2, 0.25) is 0 Å². The van der Waals surface area contributed by atoms with Crippen LogP contribution in [0.4, 0.5) is 10.1 Å². The molecule has 22 heavy (non-hydrogen) atoms. The number of nitrogens with one attached hydrogen (secondary N) is 1. The van der Waals surface area contributed by atoms with Gasteiger partial charge < -0.3 is 14.8 Å². The minimum Gasteiger partial charge on any atom is -0.493 e. The van der Waals surface area contributed by atoms with Crippen molar-refractivity contribution >= 4 is 11.5 Å². The monoisotopic (exact) mass is 303 g/mol. The highest BCUT2D eigenvalue weighted by molar-refractivity contribution is 5.99. The molecule has 0 bridgehead atoms. The zero-order chi connectivity index (χ0) is 16.1. The van der Waals surface area contributed by atoms with Gasteiger partial charge in [-0.05, 0) is 25.1 Å². The van der Waals surface area contributed by atoms with Gasteiger partial charge in [-0.1, -0.05) is 18.2 Å². The Labute approximate surface area is 128 Å². The summed E-state index contributed by atoms with van der Waals surface area (Å²) in [7, 11) is 3.13. The quantitative estimate of drug-likeness (QED) is 0.827. The van der Waals surface area contributed by atoms with Gasteiger partial charge in [-0.3, -0.25) is 4.79 Å². The number of hydrogen-bond acceptors (Lipinski definition) is 4. The van der Waals surface area contributed by atoms with Gasteiger partial charge in [-0.15, -0.1) is 0 Å². The van der Waals surface area contributed by atoms with Crippen LogP contribution in [0.1, 0.15) is 22.8 Å². The van der Waals surface area contributed by atoms with Crippen LogP contribution in [0, 0.1) is 5.82 Å². The lowest BCUT2D eigenvalue weighted by Gasteiger charge is -2.15. The van der Waals surface area contributed by atoms with E-state index in [1.54, 1.807) is 32.4 Å². The van der Waals surface area contributed by atoms with E-state index in [1.807, 2.05) is 12.1 Å². The van der Waals surface area contributed by atoms with Crippen molar-refractivity contribution in [2.24, 2.45) is 0 Å². The first kappa shape index (κ1) is 15.8. The lowest BCUT2D eigenvalue weighted by Crippen LogP contribution is -2.08. The fourth-order valence-corrected chi connectivity index (χ4v) is 2.31. The number of benzene rings is 2. The Morgan fingerprint density at radius 2 is 1.86 bits per heavy atom. The van der Waals surface area contributed by atoms with E-state index in [4.69, 9.17) is 9.47 Å². The number of Topliss-reactive ketones (excluding diaryl/α,β-unsaturated/α-hetero) is 1. The van der Waals surface area contributed by atoms with Crippen LogP contribution < -0.4 is 14.8 Å². The molecule has 0 aliphatic rings. The largest absolute Gasteiger partial charge is 0.493 e. The number of methoxy groups -OCH3 is 2. The number of anilines is 1. The Hall–Kier alpha value is -2.56. The second-order valence-electron chi connectivity index (χ2n) is 4.72. The zero-order valence-corrected chi connectivity index (χ0v) is 12.8. The summed E-state index contributed by atoms with van der Waals surface area (Å²) < 4.78 is 24.4. The molecule has 0 radical (unpaired) electrons. The summed E-state index contributed by atoms with van der Waals surface area (Å²) in [4.78, 5) is 11.6. The van der Waals surface area contributed by atoms with Crippen LogP contribution in [0.2, 0.25) is 0 Å². The van der Waals surface area contributed by atoms with E-state index in [0.717, 1.165) is 5.56 Å². The molecule has 0 saturated heterocycles. The fraction of sp³-hybridized carbons (Fsp3) is 0.235. The third-order valence-corrected chi connectivity index (χ3v) is 3.32. The van der Waals surface area contributed by atoms with Crippen LogP contribution in [-0.4, -0.2) is 20.0 Å². The second kappa shape index (κ2) is 6.93. The third-order valence-electron chi connectivity index (χ3n) is 3.32. The molecule has 1 N–H and O–H groups in total. The number of rotatable bonds is 6. The first-order valence-corrected chi connectivity index (χ1v) is 6.81. The molecule has 0 unspecified atom stereocenters. The van der Waals surface area contributed by atoms with Gasteiger partial charge >= 0.3 is 0 Å². The molecule has 0 atom stereocenters. The summed E-state index contributed by atoms with van der Waals surface area (Å²) in [6, 6.07) is 10.0. The maximum Gasteiger partial charge on any atom is 0.165 e. The molecule has 0 aliphatic heterocycles. The summed E-state index contributed by atoms with van der Waals surface area (Å²) in [5.74, 6) is 0.374. The number of carbonyl (C=O) groups is 1. The lowest BCUT2D eigenvalue weighted by molar-refractivity contribution is 0.101. The minimum absolute atomic E-state index is 0.0596. The van der Waals surface area contributed by atoms with E-state index >= 15 is 0 Å². The molecular weight excluding hydrogens is 285 g/mol. The topological polar surface area (TPSA) is 47.6 Å². The molecule has 2 aromatic rings. The van der Waals surface area contributed by atoms with Crippen LogP contribution in [0.15, 0.2) is 36.4 Å². The molecule has 0 aromatic heterocycles. The average Bonchev–Trinajstić information content (AvgIpc) is 2.51. The highest BCUT2D eigenvalue weighted by Crippen LogP contribution is 2.31. The van der Waals surface area contributed by atoms with E-state index < -0.39 is 5.82 Å². The second-order valence-corrected chi connectivity index (χ2v) is 4.72. The Kier molecular flexibility index (Phi) is 4.99. The predicted molar refractivity (Wildman–Crippen MR) is 83.3 cm³/mol. The summed E-state index contributed by atoms with van der Waals surface area (Å²) in [6.07, 6.45) is 0. The summed E-state index contributed by atoms with van der Waals surface area (Å²) in [5, 5.41) is 3.08. The highest BCUT2D eigenvalue weighted by Gasteiger charge is 2.14. The van der Waals surface area contributed by atoms with Gasteiger partial charge in [0, 0.05) is 17.8 Å². The van der Waals surface area contributed by atoms with E-state index in [-0.39, 0.29) is 11.3 Å². The van der Waals surface area contributed by atoms with Gasteiger partial charge in [0.05, 0.1) is 19.8 Å². The molecule has 4 nitrogen and oxygen atoms in total. The van der Waals surface area contributed by atoms with Gasteiger partial charge in [-0.2, -0.15) is 0 Å². The number of carbonyl (C=O) groups excluding carboxylic acids is 1. The van der Waals surface area contributed by atoms with Crippen LogP contribution in [0.25, 0.3) is 0 Å². The number of para-hydroxylation sites is 1. The van der Waals surface area contributed by atoms with Crippen molar-refractivity contribution in [3.8, 4) is 11.5 Å². The molecule has 0 aliphatic carbocycles. The lowest BCUT2D eigenvalue weighted by atomic mass is 10.1. The normalized spacial score (nSPS) is 10.2. The van der Waals surface area contributed by atoms with Crippen molar-refractivity contribution < 1.29 is 18.7 Å². The summed E-state index contributed by atoms with van der Waals surface area (Å²) in [5.41, 5.74) is 1.36. The van der Waals surface area contributed by atoms with Crippen molar-refractivity contribution in [1.82, 2.24) is 0 Å². The first-order valence-electron chi connectivity index (χ1n) is 6.81. The number of hydrogen-bond donors (Lipinski definition) is 1. The maximum atomic E-state index is 13.8. The maximum absolute atomic E-state index is 13.8. The standard InChI is InChI=1S/C17H18FNO3/c1-11(20)16-13(18)7-5-8-14(16)19-10-12-6-4-9-15(21-2)17(12)22-3/h4-9,19H,10H2,1-3H3. The van der Waals surface area contributed by atoms with Crippen LogP contribution in [-0.2, 0) is 6.54 Å². The minimum atomic E-state index is -0.532. The van der Waals surface area contributed by atoms with Crippen molar-refractivity contribution in [1.29, 1.82) is 0 Å².